The summed E-state index contributed by atoms with van der Waals surface area (Å²) in [7, 11) is 3.62. The second-order valence-electron chi connectivity index (χ2n) is 18.0. The third-order valence-corrected chi connectivity index (χ3v) is 13.9. The highest BCUT2D eigenvalue weighted by Crippen LogP contribution is 2.50. The number of aromatic hydroxyl groups is 1. The first-order valence-electron chi connectivity index (χ1n) is 21.2. The Morgan fingerprint density at radius 2 is 1.53 bits per heavy atom. The number of ether oxygens (including phenoxy) is 8. The first-order chi connectivity index (χ1) is 30.0. The molecule has 4 unspecified atom stereocenters. The van der Waals surface area contributed by atoms with Crippen LogP contribution in [0.15, 0.2) is 33.5 Å². The molecule has 4 aliphatic heterocycles. The molecular weight excluding hydrogens is 842 g/mol. The number of phenolic OH excluding ortho intramolecular Hbond substituents is 1. The molecule has 19 nitrogen and oxygen atoms in total. The molecule has 0 spiro atoms. The molecule has 2 aromatic carbocycles. The smallest absolute Gasteiger partial charge is 0.345 e. The van der Waals surface area contributed by atoms with Crippen molar-refractivity contribution in [3.8, 4) is 5.75 Å². The van der Waals surface area contributed by atoms with E-state index in [-0.39, 0.29) is 29.7 Å². The Hall–Kier alpha value is -4.22. The van der Waals surface area contributed by atoms with Gasteiger partial charge in [0.25, 0.3) is 0 Å². The third-order valence-electron chi connectivity index (χ3n) is 13.9. The zero-order valence-corrected chi connectivity index (χ0v) is 36.8. The fourth-order valence-corrected chi connectivity index (χ4v) is 10.00. The molecule has 4 saturated heterocycles. The van der Waals surface area contributed by atoms with Gasteiger partial charge in [-0.05, 0) is 60.1 Å². The average molecular weight is 898 g/mol. The number of benzene rings is 2. The molecule has 64 heavy (non-hydrogen) atoms. The van der Waals surface area contributed by atoms with Crippen LogP contribution < -0.4 is 11.2 Å². The van der Waals surface area contributed by atoms with Crippen molar-refractivity contribution < 1.29 is 82.2 Å². The van der Waals surface area contributed by atoms with Crippen molar-refractivity contribution in [2.45, 2.75) is 151 Å². The quantitative estimate of drug-likeness (QED) is 0.102. The van der Waals surface area contributed by atoms with Gasteiger partial charge < -0.3 is 73.6 Å². The molecule has 1 aliphatic carbocycles. The van der Waals surface area contributed by atoms with E-state index in [9.17, 15) is 39.9 Å². The highest BCUT2D eigenvalue weighted by molar-refractivity contribution is 6.32. The van der Waals surface area contributed by atoms with Gasteiger partial charge in [-0.3, -0.25) is 14.4 Å². The Bertz CT molecular complexity index is 2450. The Kier molecular flexibility index (Phi) is 11.8. The van der Waals surface area contributed by atoms with Gasteiger partial charge in [0.05, 0.1) is 60.2 Å². The largest absolute Gasteiger partial charge is 0.507 e. The number of aliphatic hydroxyl groups is 4. The number of hydrogen-bond donors (Lipinski definition) is 6. The molecular formula is C45H55NO18. The second kappa shape index (κ2) is 16.3. The molecule has 348 valence electrons. The molecule has 5 aliphatic rings. The summed E-state index contributed by atoms with van der Waals surface area (Å²) < 4.78 is 52.5. The predicted octanol–water partition coefficient (Wildman–Crippen LogP) is 1.26. The van der Waals surface area contributed by atoms with Crippen LogP contribution in [0, 0.1) is 0 Å². The standard InChI is InChI=1S/C45H55NO18/c1-16-32(48)25(56-7)14-28(60-16)63-40-18(3)59-26(15-43(40,5)46)20-10-11-21-29(35(20)51)36(52)30-22(34(21)50)12-23(31-24(47)13-27(62-38(30)31)44(6)19(4)64-44)45(55,42(54)58-9)41-37(53)39(57-8)33(49)17(2)61-41/h10-13,16-19,25-26,28,32-33,37,39-41,48-49,51,53,55H,14-15,46H2,1-9H3/t16-,17-,18+,19?,25+,26-,28-,32-,33-,37+,39-,40-,41?,43+,44?,45?/m1/s1. The first kappa shape index (κ1) is 46.3. The fourth-order valence-electron chi connectivity index (χ4n) is 10.00. The van der Waals surface area contributed by atoms with E-state index in [1.54, 1.807) is 34.6 Å². The summed E-state index contributed by atoms with van der Waals surface area (Å²) in [6.07, 6.45) is -13.2. The van der Waals surface area contributed by atoms with E-state index in [2.05, 4.69) is 0 Å². The van der Waals surface area contributed by atoms with Gasteiger partial charge in [-0.15, -0.1) is 0 Å². The highest BCUT2D eigenvalue weighted by atomic mass is 16.7. The third kappa shape index (κ3) is 7.03. The second-order valence-corrected chi connectivity index (χ2v) is 18.0. The van der Waals surface area contributed by atoms with Crippen molar-refractivity contribution in [3.05, 3.63) is 73.6 Å². The van der Waals surface area contributed by atoms with Gasteiger partial charge in [0.15, 0.2) is 23.1 Å². The van der Waals surface area contributed by atoms with Crippen molar-refractivity contribution in [2.24, 2.45) is 5.73 Å². The predicted molar refractivity (Wildman–Crippen MR) is 220 cm³/mol. The number of aliphatic hydroxyl groups excluding tert-OH is 3. The number of fused-ring (bicyclic) bond motifs is 4. The number of methoxy groups -OCH3 is 3. The Balaban J connectivity index is 1.24. The van der Waals surface area contributed by atoms with Gasteiger partial charge in [0.2, 0.25) is 11.4 Å². The van der Waals surface area contributed by atoms with Crippen LogP contribution in [-0.2, 0) is 53.9 Å². The molecule has 4 fully saturated rings. The van der Waals surface area contributed by atoms with Gasteiger partial charge in [-0.2, -0.15) is 0 Å². The van der Waals surface area contributed by atoms with E-state index >= 15 is 4.79 Å². The SMILES string of the molecule is COC(=O)C(O)(c1cc2c(c3oc(C4(C)OC4C)cc(=O)c13)C(=O)c1c(ccc([C@H]3C[C@](C)(N)[C@H](O[C@@H]4C[C@H](OC)[C@H](O)[C@@H](C)O4)[C@H](C)O3)c1O)C2=O)C1O[C@H](C)[C@@H](O)[C@@H](OC)[C@@H]1O. The number of carbonyl (C=O) groups excluding carboxylic acids is 3. The molecule has 5 heterocycles. The van der Waals surface area contributed by atoms with E-state index in [0.29, 0.717) is 0 Å². The zero-order valence-electron chi connectivity index (χ0n) is 36.8. The maximum absolute atomic E-state index is 15.0. The van der Waals surface area contributed by atoms with Gasteiger partial charge in [-0.25, -0.2) is 4.79 Å². The molecule has 0 saturated carbocycles. The molecule has 16 atom stereocenters. The van der Waals surface area contributed by atoms with Crippen molar-refractivity contribution in [1.82, 2.24) is 0 Å². The molecule has 0 bridgehead atoms. The van der Waals surface area contributed by atoms with Crippen LogP contribution in [0.5, 0.6) is 5.75 Å². The van der Waals surface area contributed by atoms with E-state index in [1.807, 2.05) is 0 Å². The summed E-state index contributed by atoms with van der Waals surface area (Å²) in [6, 6.07) is 4.80. The van der Waals surface area contributed by atoms with E-state index < -0.39 is 158 Å². The lowest BCUT2D eigenvalue weighted by Crippen LogP contribution is -2.65. The minimum absolute atomic E-state index is 0.0433. The normalized spacial score (nSPS) is 38.3. The van der Waals surface area contributed by atoms with Crippen LogP contribution in [0.2, 0.25) is 0 Å². The number of nitrogens with two attached hydrogens (primary N) is 1. The summed E-state index contributed by atoms with van der Waals surface area (Å²) in [5.41, 5.74) is -1.94. The average Bonchev–Trinajstić information content (AvgIpc) is 3.88. The molecule has 1 aromatic heterocycles. The zero-order chi connectivity index (χ0) is 46.7. The van der Waals surface area contributed by atoms with E-state index in [0.717, 1.165) is 19.2 Å². The maximum atomic E-state index is 15.0. The summed E-state index contributed by atoms with van der Waals surface area (Å²) >= 11 is 0. The van der Waals surface area contributed by atoms with Crippen LogP contribution in [-0.4, -0.2) is 143 Å². The molecule has 0 amide bonds. The molecule has 0 radical (unpaired) electrons. The van der Waals surface area contributed by atoms with Crippen LogP contribution in [0.4, 0.5) is 0 Å². The minimum atomic E-state index is -3.11. The minimum Gasteiger partial charge on any atom is -0.507 e. The number of rotatable bonds is 9. The van der Waals surface area contributed by atoms with Gasteiger partial charge in [0, 0.05) is 54.5 Å². The van der Waals surface area contributed by atoms with Crippen molar-refractivity contribution in [1.29, 1.82) is 0 Å². The van der Waals surface area contributed by atoms with Gasteiger partial charge in [-0.1, -0.05) is 6.07 Å². The maximum Gasteiger partial charge on any atom is 0.345 e. The number of epoxide rings is 1. The lowest BCUT2D eigenvalue weighted by atomic mass is 9.74. The van der Waals surface area contributed by atoms with Gasteiger partial charge >= 0.3 is 5.97 Å². The van der Waals surface area contributed by atoms with Crippen molar-refractivity contribution in [3.63, 3.8) is 0 Å². The topological polar surface area (TPSA) is 286 Å². The molecule has 7 N–H and O–H groups in total. The number of phenols is 1. The van der Waals surface area contributed by atoms with Crippen LogP contribution in [0.1, 0.15) is 109 Å². The van der Waals surface area contributed by atoms with Gasteiger partial charge in [0.1, 0.15) is 53.7 Å². The summed E-state index contributed by atoms with van der Waals surface area (Å²) in [5.74, 6) is -3.88. The number of esters is 1. The summed E-state index contributed by atoms with van der Waals surface area (Å²) in [5, 5.41) is 56.9. The highest BCUT2D eigenvalue weighted by Gasteiger charge is 2.60. The fraction of sp³-hybridized carbons (Fsp3) is 0.600. The number of carbonyl (C=O) groups is 3. The molecule has 3 aromatic rings. The lowest BCUT2D eigenvalue weighted by Gasteiger charge is -2.48. The Labute approximate surface area is 367 Å². The van der Waals surface area contributed by atoms with Crippen LogP contribution in [0.25, 0.3) is 11.0 Å². The van der Waals surface area contributed by atoms with Crippen LogP contribution >= 0.6 is 0 Å². The first-order valence-corrected chi connectivity index (χ1v) is 21.2. The number of ketones is 2. The van der Waals surface area contributed by atoms with E-state index in [4.69, 9.17) is 48.0 Å². The number of hydrogen-bond acceptors (Lipinski definition) is 19. The van der Waals surface area contributed by atoms with Crippen molar-refractivity contribution in [2.75, 3.05) is 21.3 Å². The molecule has 8 rings (SSSR count). The monoisotopic (exact) mass is 897 g/mol. The Morgan fingerprint density at radius 1 is 0.859 bits per heavy atom. The summed E-state index contributed by atoms with van der Waals surface area (Å²) in [6.45, 7) is 9.96. The molecule has 19 heteroatoms. The summed E-state index contributed by atoms with van der Waals surface area (Å²) in [4.78, 5) is 58.1. The Morgan fingerprint density at radius 3 is 2.14 bits per heavy atom. The van der Waals surface area contributed by atoms with Crippen molar-refractivity contribution >= 4 is 28.5 Å². The van der Waals surface area contributed by atoms with Crippen LogP contribution in [0.3, 0.4) is 0 Å². The van der Waals surface area contributed by atoms with E-state index in [1.165, 1.54) is 33.3 Å². The lowest BCUT2D eigenvalue weighted by molar-refractivity contribution is -0.291.